The zero-order valence-electron chi connectivity index (χ0n) is 25.8. The van der Waals surface area contributed by atoms with E-state index < -0.39 is 40.1 Å². The van der Waals surface area contributed by atoms with Gasteiger partial charge in [-0.15, -0.1) is 0 Å². The van der Waals surface area contributed by atoms with E-state index in [0.717, 1.165) is 0 Å². The lowest BCUT2D eigenvalue weighted by atomic mass is 10.1. The summed E-state index contributed by atoms with van der Waals surface area (Å²) in [6.07, 6.45) is -2.01. The molecule has 258 valence electrons. The third-order valence-electron chi connectivity index (χ3n) is 7.94. The van der Waals surface area contributed by atoms with E-state index in [0.29, 0.717) is 24.0 Å². The van der Waals surface area contributed by atoms with Crippen molar-refractivity contribution in [3.05, 3.63) is 79.9 Å². The fraction of sp³-hybridized carbons (Fsp3) is 0.467. The molecular formula is C30H36N6O11S. The minimum Gasteiger partial charge on any atom is -0.445 e. The van der Waals surface area contributed by atoms with Crippen LogP contribution in [0.2, 0.25) is 0 Å². The number of benzene rings is 2. The average molecular weight is 689 g/mol. The number of amides is 4. The van der Waals surface area contributed by atoms with E-state index in [4.69, 9.17) is 9.47 Å². The van der Waals surface area contributed by atoms with Crippen LogP contribution in [0, 0.1) is 20.2 Å². The van der Waals surface area contributed by atoms with Gasteiger partial charge in [-0.2, -0.15) is 12.6 Å². The molecule has 2 saturated heterocycles. The van der Waals surface area contributed by atoms with Crippen molar-refractivity contribution in [1.29, 1.82) is 0 Å². The first-order valence-corrected chi connectivity index (χ1v) is 15.7. The quantitative estimate of drug-likeness (QED) is 0.127. The number of nitro benzene ring substituents is 2. The van der Waals surface area contributed by atoms with Crippen molar-refractivity contribution >= 4 is 48.0 Å². The van der Waals surface area contributed by atoms with Gasteiger partial charge in [-0.25, -0.2) is 9.59 Å². The largest absolute Gasteiger partial charge is 0.445 e. The number of aliphatic hydroxyl groups is 1. The molecule has 2 fully saturated rings. The Hall–Kier alpha value is -4.97. The van der Waals surface area contributed by atoms with E-state index in [2.05, 4.69) is 17.9 Å². The molecule has 0 bridgehead atoms. The smallest absolute Gasteiger partial charge is 0.410 e. The van der Waals surface area contributed by atoms with Crippen LogP contribution in [0.25, 0.3) is 0 Å². The molecule has 2 heterocycles. The Morgan fingerprint density at radius 2 is 1.40 bits per heavy atom. The van der Waals surface area contributed by atoms with Gasteiger partial charge in [-0.05, 0) is 54.7 Å². The fourth-order valence-corrected chi connectivity index (χ4v) is 5.66. The number of alkyl carbamates (subject to hydrolysis) is 1. The molecule has 4 amide bonds. The molecule has 2 aliphatic heterocycles. The van der Waals surface area contributed by atoms with Crippen LogP contribution in [0.1, 0.15) is 30.4 Å². The van der Waals surface area contributed by atoms with E-state index in [-0.39, 0.29) is 81.4 Å². The third kappa shape index (κ3) is 9.77. The Morgan fingerprint density at radius 3 is 1.94 bits per heavy atom. The summed E-state index contributed by atoms with van der Waals surface area (Å²) in [5, 5.41) is 34.3. The molecule has 0 aliphatic carbocycles. The number of carbonyl (C=O) groups excluding carboxylic acids is 4. The number of non-ortho nitro benzene ring substituents is 2. The van der Waals surface area contributed by atoms with Gasteiger partial charge in [0.05, 0.1) is 9.85 Å². The zero-order valence-corrected chi connectivity index (χ0v) is 26.7. The molecule has 48 heavy (non-hydrogen) atoms. The highest BCUT2D eigenvalue weighted by atomic mass is 32.1. The average Bonchev–Trinajstić information content (AvgIpc) is 3.49. The molecule has 0 aromatic heterocycles. The van der Waals surface area contributed by atoms with Crippen molar-refractivity contribution in [1.82, 2.24) is 20.0 Å². The summed E-state index contributed by atoms with van der Waals surface area (Å²) < 4.78 is 10.4. The lowest BCUT2D eigenvalue weighted by Gasteiger charge is -2.37. The molecule has 2 aromatic carbocycles. The van der Waals surface area contributed by atoms with E-state index in [9.17, 15) is 44.5 Å². The normalized spacial score (nSPS) is 18.2. The van der Waals surface area contributed by atoms with Crippen LogP contribution < -0.4 is 5.32 Å². The van der Waals surface area contributed by atoms with Gasteiger partial charge in [0.15, 0.2) is 0 Å². The van der Waals surface area contributed by atoms with Gasteiger partial charge in [0.2, 0.25) is 5.91 Å². The lowest BCUT2D eigenvalue weighted by Crippen LogP contribution is -2.56. The van der Waals surface area contributed by atoms with Gasteiger partial charge in [0.25, 0.3) is 17.3 Å². The second-order valence-electron chi connectivity index (χ2n) is 11.3. The van der Waals surface area contributed by atoms with Crippen molar-refractivity contribution in [2.45, 2.75) is 49.9 Å². The first-order chi connectivity index (χ1) is 22.9. The van der Waals surface area contributed by atoms with Crippen LogP contribution in [0.15, 0.2) is 48.5 Å². The molecule has 2 aliphatic rings. The first-order valence-electron chi connectivity index (χ1n) is 15.2. The molecule has 0 unspecified atom stereocenters. The Balaban J connectivity index is 1.15. The number of hydrogen-bond acceptors (Lipinski definition) is 12. The van der Waals surface area contributed by atoms with Crippen molar-refractivity contribution in [3.8, 4) is 0 Å². The molecule has 0 spiro atoms. The maximum absolute atomic E-state index is 13.4. The van der Waals surface area contributed by atoms with Gasteiger partial charge in [-0.3, -0.25) is 34.7 Å². The second kappa shape index (κ2) is 16.7. The third-order valence-corrected chi connectivity index (χ3v) is 8.31. The second-order valence-corrected chi connectivity index (χ2v) is 12.0. The van der Waals surface area contributed by atoms with Crippen LogP contribution in [-0.4, -0.2) is 110 Å². The molecule has 3 atom stereocenters. The molecule has 17 nitrogen and oxygen atoms in total. The van der Waals surface area contributed by atoms with E-state index in [1.165, 1.54) is 58.3 Å². The highest BCUT2D eigenvalue weighted by molar-refractivity contribution is 7.81. The summed E-state index contributed by atoms with van der Waals surface area (Å²) in [6, 6.07) is 10.4. The van der Waals surface area contributed by atoms with Crippen LogP contribution in [-0.2, 0) is 32.3 Å². The maximum Gasteiger partial charge on any atom is 0.410 e. The summed E-state index contributed by atoms with van der Waals surface area (Å²) in [7, 11) is 0. The van der Waals surface area contributed by atoms with Gasteiger partial charge in [0, 0.05) is 68.8 Å². The summed E-state index contributed by atoms with van der Waals surface area (Å²) in [5.41, 5.74) is 0.966. The molecule has 4 rings (SSSR count). The first kappa shape index (κ1) is 35.9. The Bertz CT molecular complexity index is 1490. The molecule has 0 radical (unpaired) electrons. The number of rotatable bonds is 12. The van der Waals surface area contributed by atoms with E-state index in [1.807, 2.05) is 0 Å². The maximum atomic E-state index is 13.4. The SMILES string of the molecule is O=C(NCCC[C@H](O)C(=O)N1CCN(C(=O)[C@@H]2C[C@H](S)CN2C(=O)OCc2ccc([N+](=O)[O-])cc2)CC1)OCc1ccc([N+](=O)[O-])cc1. The van der Waals surface area contributed by atoms with Crippen LogP contribution in [0.4, 0.5) is 21.0 Å². The minimum atomic E-state index is -1.30. The number of aliphatic hydroxyl groups excluding tert-OH is 1. The topological polar surface area (TPSA) is 215 Å². The molecule has 2 aromatic rings. The van der Waals surface area contributed by atoms with Crippen molar-refractivity contribution < 1.29 is 43.6 Å². The van der Waals surface area contributed by atoms with Gasteiger partial charge in [0.1, 0.15) is 25.4 Å². The van der Waals surface area contributed by atoms with Crippen LogP contribution in [0.5, 0.6) is 0 Å². The summed E-state index contributed by atoms with van der Waals surface area (Å²) in [4.78, 5) is 75.9. The predicted octanol–water partition coefficient (Wildman–Crippen LogP) is 2.25. The molecular weight excluding hydrogens is 652 g/mol. The number of piperazine rings is 1. The van der Waals surface area contributed by atoms with Crippen molar-refractivity contribution in [2.75, 3.05) is 39.3 Å². The Kier molecular flexibility index (Phi) is 12.5. The number of likely N-dealkylation sites (tertiary alicyclic amines) is 1. The summed E-state index contributed by atoms with van der Waals surface area (Å²) in [6.45, 7) is 0.938. The van der Waals surface area contributed by atoms with E-state index >= 15 is 0 Å². The number of nitrogens with zero attached hydrogens (tertiary/aromatic N) is 5. The fourth-order valence-electron chi connectivity index (χ4n) is 5.28. The highest BCUT2D eigenvalue weighted by Gasteiger charge is 2.42. The molecule has 2 N–H and O–H groups in total. The van der Waals surface area contributed by atoms with Gasteiger partial charge in [-0.1, -0.05) is 0 Å². The number of nitro groups is 2. The standard InChI is InChI=1S/C30H36N6O11S/c37-26(2-1-11-31-29(40)46-18-20-3-7-22(8-4-20)35(42)43)28(39)33-14-12-32(13-15-33)27(38)25-16-24(48)17-34(25)30(41)47-19-21-5-9-23(10-6-21)36(44)45/h3-10,24-26,37,48H,1-2,11-19H2,(H,31,40)/t24-,25-,26-/m0/s1. The number of ether oxygens (including phenoxy) is 2. The summed E-state index contributed by atoms with van der Waals surface area (Å²) in [5.74, 6) is -0.784. The van der Waals surface area contributed by atoms with E-state index in [1.54, 1.807) is 4.90 Å². The monoisotopic (exact) mass is 688 g/mol. The number of carbonyl (C=O) groups is 4. The van der Waals surface area contributed by atoms with Gasteiger partial charge < -0.3 is 29.7 Å². The van der Waals surface area contributed by atoms with Crippen molar-refractivity contribution in [3.63, 3.8) is 0 Å². The predicted molar refractivity (Wildman–Crippen MR) is 171 cm³/mol. The zero-order chi connectivity index (χ0) is 34.8. The molecule has 0 saturated carbocycles. The minimum absolute atomic E-state index is 0.0747. The van der Waals surface area contributed by atoms with Crippen molar-refractivity contribution in [2.24, 2.45) is 0 Å². The van der Waals surface area contributed by atoms with Gasteiger partial charge >= 0.3 is 12.2 Å². The Labute approximate surface area is 280 Å². The number of nitrogens with one attached hydrogen (secondary N) is 1. The number of hydrogen-bond donors (Lipinski definition) is 3. The Morgan fingerprint density at radius 1 is 0.875 bits per heavy atom. The lowest BCUT2D eigenvalue weighted by molar-refractivity contribution is -0.385. The summed E-state index contributed by atoms with van der Waals surface area (Å²) >= 11 is 4.46. The highest BCUT2D eigenvalue weighted by Crippen LogP contribution is 2.25. The molecule has 18 heteroatoms. The van der Waals surface area contributed by atoms with Crippen LogP contribution >= 0.6 is 12.6 Å². The van der Waals surface area contributed by atoms with Crippen LogP contribution in [0.3, 0.4) is 0 Å². The number of thiol groups is 1.